The molecule has 0 spiro atoms. The fourth-order valence-electron chi connectivity index (χ4n) is 1.51. The Hall–Kier alpha value is -1.09. The van der Waals surface area contributed by atoms with Gasteiger partial charge in [0.05, 0.1) is 22.0 Å². The maximum atomic E-state index is 12.2. The molecule has 0 saturated heterocycles. The van der Waals surface area contributed by atoms with Crippen LogP contribution in [0.25, 0.3) is 0 Å². The van der Waals surface area contributed by atoms with E-state index in [2.05, 4.69) is 37.5 Å². The molecule has 18 heavy (non-hydrogen) atoms. The minimum atomic E-state index is -3.56. The maximum absolute atomic E-state index is 12.2. The maximum Gasteiger partial charge on any atom is 0.262 e. The van der Waals surface area contributed by atoms with Gasteiger partial charge in [0, 0.05) is 3.57 Å². The summed E-state index contributed by atoms with van der Waals surface area (Å²) in [6.07, 6.45) is 0. The number of benzene rings is 1. The highest BCUT2D eigenvalue weighted by Gasteiger charge is 2.17. The molecule has 0 fully saturated rings. The summed E-state index contributed by atoms with van der Waals surface area (Å²) >= 11 is 2.13. The zero-order valence-electron chi connectivity index (χ0n) is 9.86. The zero-order chi connectivity index (χ0) is 13.3. The minimum absolute atomic E-state index is 0.239. The molecule has 0 aliphatic carbocycles. The lowest BCUT2D eigenvalue weighted by Gasteiger charge is -2.08. The van der Waals surface area contributed by atoms with E-state index in [-0.39, 0.29) is 4.90 Å². The van der Waals surface area contributed by atoms with Crippen molar-refractivity contribution in [3.05, 3.63) is 39.2 Å². The Labute approximate surface area is 119 Å². The van der Waals surface area contributed by atoms with E-state index in [1.165, 1.54) is 0 Å². The number of H-pyrrole nitrogens is 1. The fraction of sp³-hybridized carbons (Fsp3) is 0.182. The number of hydrogen-bond acceptors (Lipinski definition) is 3. The smallest absolute Gasteiger partial charge is 0.262 e. The summed E-state index contributed by atoms with van der Waals surface area (Å²) < 4.78 is 27.9. The predicted molar refractivity (Wildman–Crippen MR) is 78.0 cm³/mol. The second kappa shape index (κ2) is 4.88. The van der Waals surface area contributed by atoms with Crippen molar-refractivity contribution in [3.8, 4) is 0 Å². The second-order valence-corrected chi connectivity index (χ2v) is 6.80. The van der Waals surface area contributed by atoms with E-state index < -0.39 is 10.0 Å². The van der Waals surface area contributed by atoms with Gasteiger partial charge in [-0.1, -0.05) is 0 Å². The average molecular weight is 377 g/mol. The first kappa shape index (κ1) is 13.3. The highest BCUT2D eigenvalue weighted by Crippen LogP contribution is 2.21. The number of aromatic amines is 1. The third-order valence-electron chi connectivity index (χ3n) is 2.49. The molecule has 7 heteroatoms. The third kappa shape index (κ3) is 2.66. The van der Waals surface area contributed by atoms with E-state index in [1.807, 2.05) is 0 Å². The van der Waals surface area contributed by atoms with Gasteiger partial charge in [-0.25, -0.2) is 8.42 Å². The van der Waals surface area contributed by atoms with Crippen LogP contribution < -0.4 is 4.72 Å². The van der Waals surface area contributed by atoms with Crippen LogP contribution in [0.3, 0.4) is 0 Å². The van der Waals surface area contributed by atoms with E-state index in [0.717, 1.165) is 3.57 Å². The summed E-state index contributed by atoms with van der Waals surface area (Å²) in [5.41, 5.74) is 1.83. The molecule has 0 saturated carbocycles. The number of aromatic nitrogens is 2. The molecule has 0 bridgehead atoms. The van der Waals surface area contributed by atoms with Crippen molar-refractivity contribution in [2.45, 2.75) is 18.7 Å². The Bertz CT molecular complexity index is 643. The summed E-state index contributed by atoms with van der Waals surface area (Å²) in [5.74, 6) is 0. The van der Waals surface area contributed by atoms with Crippen LogP contribution in [0.2, 0.25) is 0 Å². The topological polar surface area (TPSA) is 74.8 Å². The summed E-state index contributed by atoms with van der Waals surface area (Å²) in [6, 6.07) is 6.66. The molecule has 1 aromatic carbocycles. The number of rotatable bonds is 3. The minimum Gasteiger partial charge on any atom is -0.280 e. The zero-order valence-corrected chi connectivity index (χ0v) is 12.8. The van der Waals surface area contributed by atoms with Crippen LogP contribution in [0, 0.1) is 17.4 Å². The van der Waals surface area contributed by atoms with Crippen LogP contribution in [-0.2, 0) is 10.0 Å². The monoisotopic (exact) mass is 377 g/mol. The summed E-state index contributed by atoms with van der Waals surface area (Å²) in [5, 5.41) is 6.70. The van der Waals surface area contributed by atoms with Crippen LogP contribution >= 0.6 is 22.6 Å². The molecule has 2 aromatic rings. The van der Waals surface area contributed by atoms with Crippen LogP contribution in [0.1, 0.15) is 11.4 Å². The molecule has 0 amide bonds. The third-order valence-corrected chi connectivity index (χ3v) is 4.57. The first-order chi connectivity index (χ1) is 8.40. The Morgan fingerprint density at radius 1 is 1.22 bits per heavy atom. The molecular formula is C11H12IN3O2S. The molecule has 2 N–H and O–H groups in total. The SMILES string of the molecule is Cc1n[nH]c(C)c1NS(=O)(=O)c1ccc(I)cc1. The summed E-state index contributed by atoms with van der Waals surface area (Å²) in [4.78, 5) is 0.239. The Balaban J connectivity index is 2.36. The predicted octanol–water partition coefficient (Wildman–Crippen LogP) is 2.43. The average Bonchev–Trinajstić information content (AvgIpc) is 2.61. The number of sulfonamides is 1. The largest absolute Gasteiger partial charge is 0.280 e. The van der Waals surface area contributed by atoms with Crippen LogP contribution in [0.15, 0.2) is 29.2 Å². The summed E-state index contributed by atoms with van der Waals surface area (Å²) in [7, 11) is -3.56. The quantitative estimate of drug-likeness (QED) is 0.807. The van der Waals surface area contributed by atoms with Crippen molar-refractivity contribution in [2.24, 2.45) is 0 Å². The number of aryl methyl sites for hydroxylation is 2. The number of halogens is 1. The highest BCUT2D eigenvalue weighted by atomic mass is 127. The number of anilines is 1. The van der Waals surface area contributed by atoms with Gasteiger partial charge in [0.25, 0.3) is 10.0 Å². The number of nitrogens with one attached hydrogen (secondary N) is 2. The molecule has 0 unspecified atom stereocenters. The van der Waals surface area contributed by atoms with Gasteiger partial charge < -0.3 is 0 Å². The lowest BCUT2D eigenvalue weighted by Crippen LogP contribution is -2.13. The van der Waals surface area contributed by atoms with Crippen molar-refractivity contribution >= 4 is 38.3 Å². The van der Waals surface area contributed by atoms with Gasteiger partial charge in [-0.05, 0) is 60.7 Å². The van der Waals surface area contributed by atoms with E-state index in [4.69, 9.17) is 0 Å². The normalized spacial score (nSPS) is 11.5. The molecule has 1 heterocycles. The molecule has 0 aliphatic rings. The van der Waals surface area contributed by atoms with Crippen molar-refractivity contribution in [2.75, 3.05) is 4.72 Å². The molecule has 0 radical (unpaired) electrons. The van der Waals surface area contributed by atoms with Gasteiger partial charge in [-0.15, -0.1) is 0 Å². The van der Waals surface area contributed by atoms with Crippen LogP contribution in [0.5, 0.6) is 0 Å². The molecule has 2 rings (SSSR count). The Morgan fingerprint density at radius 2 is 1.83 bits per heavy atom. The fourth-order valence-corrected chi connectivity index (χ4v) is 3.05. The van der Waals surface area contributed by atoms with Crippen molar-refractivity contribution in [1.29, 1.82) is 0 Å². The van der Waals surface area contributed by atoms with Gasteiger partial charge in [-0.3, -0.25) is 9.82 Å². The van der Waals surface area contributed by atoms with Crippen molar-refractivity contribution in [1.82, 2.24) is 10.2 Å². The van der Waals surface area contributed by atoms with Crippen molar-refractivity contribution in [3.63, 3.8) is 0 Å². The number of hydrogen-bond donors (Lipinski definition) is 2. The van der Waals surface area contributed by atoms with Gasteiger partial charge in [0.1, 0.15) is 0 Å². The first-order valence-electron chi connectivity index (χ1n) is 5.20. The molecule has 96 valence electrons. The molecule has 0 aliphatic heterocycles. The van der Waals surface area contributed by atoms with E-state index in [0.29, 0.717) is 17.1 Å². The van der Waals surface area contributed by atoms with E-state index in [1.54, 1.807) is 38.1 Å². The van der Waals surface area contributed by atoms with Crippen LogP contribution in [-0.4, -0.2) is 18.6 Å². The Morgan fingerprint density at radius 3 is 2.33 bits per heavy atom. The lowest BCUT2D eigenvalue weighted by molar-refractivity contribution is 0.601. The van der Waals surface area contributed by atoms with Crippen molar-refractivity contribution < 1.29 is 8.42 Å². The van der Waals surface area contributed by atoms with Gasteiger partial charge in [0.2, 0.25) is 0 Å². The Kier molecular flexibility index (Phi) is 3.62. The molecule has 0 atom stereocenters. The van der Waals surface area contributed by atoms with Gasteiger partial charge >= 0.3 is 0 Å². The molecule has 5 nitrogen and oxygen atoms in total. The number of nitrogens with zero attached hydrogens (tertiary/aromatic N) is 1. The molecule has 1 aromatic heterocycles. The van der Waals surface area contributed by atoms with Crippen LogP contribution in [0.4, 0.5) is 5.69 Å². The highest BCUT2D eigenvalue weighted by molar-refractivity contribution is 14.1. The second-order valence-electron chi connectivity index (χ2n) is 3.87. The standard InChI is InChI=1S/C11H12IN3O2S/c1-7-11(8(2)14-13-7)15-18(16,17)10-5-3-9(12)4-6-10/h3-6,15H,1-2H3,(H,13,14). The lowest BCUT2D eigenvalue weighted by atomic mass is 10.3. The van der Waals surface area contributed by atoms with E-state index in [9.17, 15) is 8.42 Å². The molecular weight excluding hydrogens is 365 g/mol. The summed E-state index contributed by atoms with van der Waals surface area (Å²) in [6.45, 7) is 3.51. The van der Waals surface area contributed by atoms with E-state index >= 15 is 0 Å². The first-order valence-corrected chi connectivity index (χ1v) is 7.76. The van der Waals surface area contributed by atoms with Gasteiger partial charge in [-0.2, -0.15) is 5.10 Å². The van der Waals surface area contributed by atoms with Gasteiger partial charge in [0.15, 0.2) is 0 Å².